The van der Waals surface area contributed by atoms with Crippen molar-refractivity contribution in [1.29, 1.82) is 0 Å². The van der Waals surface area contributed by atoms with E-state index in [-0.39, 0.29) is 6.42 Å². The number of rotatable bonds is 3. The van der Waals surface area contributed by atoms with E-state index in [9.17, 15) is 4.79 Å². The molecule has 17 heavy (non-hydrogen) atoms. The molecule has 86 valence electrons. The summed E-state index contributed by atoms with van der Waals surface area (Å²) >= 11 is 5.99. The van der Waals surface area contributed by atoms with Crippen LogP contribution in [0.3, 0.4) is 0 Å². The van der Waals surface area contributed by atoms with E-state index in [1.807, 2.05) is 0 Å². The fraction of sp³-hybridized carbons (Fsp3) is 0.0833. The Hall–Kier alpha value is -1.94. The molecule has 2 rings (SSSR count). The molecule has 0 aliphatic heterocycles. The van der Waals surface area contributed by atoms with Gasteiger partial charge < -0.3 is 5.11 Å². The maximum absolute atomic E-state index is 10.6. The van der Waals surface area contributed by atoms with Gasteiger partial charge in [0.15, 0.2) is 0 Å². The molecular formula is C12H9ClN2O2. The van der Waals surface area contributed by atoms with Gasteiger partial charge in [0.1, 0.15) is 5.15 Å². The molecule has 2 aromatic heterocycles. The van der Waals surface area contributed by atoms with Crippen LogP contribution < -0.4 is 0 Å². The lowest BCUT2D eigenvalue weighted by molar-refractivity contribution is -0.136. The van der Waals surface area contributed by atoms with E-state index in [4.69, 9.17) is 16.7 Å². The minimum Gasteiger partial charge on any atom is -0.481 e. The van der Waals surface area contributed by atoms with E-state index in [0.717, 1.165) is 5.56 Å². The molecule has 0 saturated carbocycles. The molecule has 0 aliphatic rings. The predicted octanol–water partition coefficient (Wildman–Crippen LogP) is 2.42. The van der Waals surface area contributed by atoms with Crippen LogP contribution in [0.1, 0.15) is 5.56 Å². The molecular weight excluding hydrogens is 240 g/mol. The average Bonchev–Trinajstić information content (AvgIpc) is 2.32. The first kappa shape index (κ1) is 11.5. The fourth-order valence-corrected chi connectivity index (χ4v) is 1.71. The predicted molar refractivity (Wildman–Crippen MR) is 63.8 cm³/mol. The van der Waals surface area contributed by atoms with Crippen molar-refractivity contribution in [1.82, 2.24) is 9.97 Å². The minimum absolute atomic E-state index is 0.0672. The van der Waals surface area contributed by atoms with Crippen LogP contribution in [-0.2, 0) is 11.2 Å². The van der Waals surface area contributed by atoms with E-state index in [1.54, 1.807) is 30.6 Å². The van der Waals surface area contributed by atoms with Gasteiger partial charge in [0.25, 0.3) is 0 Å². The van der Waals surface area contributed by atoms with Crippen molar-refractivity contribution in [2.75, 3.05) is 0 Å². The van der Waals surface area contributed by atoms with Crippen LogP contribution in [0.25, 0.3) is 11.1 Å². The summed E-state index contributed by atoms with van der Waals surface area (Å²) in [6.07, 6.45) is 4.70. The second-order valence-electron chi connectivity index (χ2n) is 3.49. The van der Waals surface area contributed by atoms with Crippen molar-refractivity contribution < 1.29 is 9.90 Å². The molecule has 5 heteroatoms. The zero-order valence-electron chi connectivity index (χ0n) is 8.80. The smallest absolute Gasteiger partial charge is 0.307 e. The number of carboxylic acids is 1. The number of carbonyl (C=O) groups is 1. The molecule has 0 saturated heterocycles. The minimum atomic E-state index is -0.894. The molecule has 0 aromatic carbocycles. The molecule has 4 nitrogen and oxygen atoms in total. The van der Waals surface area contributed by atoms with Gasteiger partial charge in [-0.3, -0.25) is 9.78 Å². The highest BCUT2D eigenvalue weighted by atomic mass is 35.5. The van der Waals surface area contributed by atoms with Crippen LogP contribution in [0, 0.1) is 0 Å². The lowest BCUT2D eigenvalue weighted by atomic mass is 10.1. The van der Waals surface area contributed by atoms with Crippen molar-refractivity contribution in [3.05, 3.63) is 47.5 Å². The summed E-state index contributed by atoms with van der Waals surface area (Å²) in [5, 5.41) is 9.08. The Kier molecular flexibility index (Phi) is 3.35. The van der Waals surface area contributed by atoms with Gasteiger partial charge in [-0.25, -0.2) is 4.98 Å². The SMILES string of the molecule is O=C(O)Cc1cnc(Cl)c(-c2ccncc2)c1. The zero-order chi connectivity index (χ0) is 12.3. The van der Waals surface area contributed by atoms with Crippen molar-refractivity contribution >= 4 is 17.6 Å². The number of aromatic nitrogens is 2. The second-order valence-corrected chi connectivity index (χ2v) is 3.85. The Labute approximate surface area is 103 Å². The van der Waals surface area contributed by atoms with Crippen molar-refractivity contribution in [3.8, 4) is 11.1 Å². The Bertz CT molecular complexity index is 543. The number of carboxylic acid groups (broad SMARTS) is 1. The van der Waals surface area contributed by atoms with Crippen LogP contribution in [0.5, 0.6) is 0 Å². The number of nitrogens with zero attached hydrogens (tertiary/aromatic N) is 2. The van der Waals surface area contributed by atoms with Crippen LogP contribution >= 0.6 is 11.6 Å². The number of pyridine rings is 2. The quantitative estimate of drug-likeness (QED) is 0.848. The molecule has 0 atom stereocenters. The van der Waals surface area contributed by atoms with Gasteiger partial charge in [0.05, 0.1) is 6.42 Å². The average molecular weight is 249 g/mol. The first-order valence-corrected chi connectivity index (χ1v) is 5.31. The van der Waals surface area contributed by atoms with Crippen LogP contribution in [0.4, 0.5) is 0 Å². The summed E-state index contributed by atoms with van der Waals surface area (Å²) < 4.78 is 0. The number of hydrogen-bond acceptors (Lipinski definition) is 3. The Morgan fingerprint density at radius 2 is 2.06 bits per heavy atom. The third-order valence-electron chi connectivity index (χ3n) is 2.24. The zero-order valence-corrected chi connectivity index (χ0v) is 9.55. The maximum atomic E-state index is 10.6. The highest BCUT2D eigenvalue weighted by molar-refractivity contribution is 6.32. The van der Waals surface area contributed by atoms with E-state index in [1.165, 1.54) is 6.20 Å². The number of hydrogen-bond donors (Lipinski definition) is 1. The van der Waals surface area contributed by atoms with Gasteiger partial charge in [0, 0.05) is 24.2 Å². The summed E-state index contributed by atoms with van der Waals surface area (Å²) in [4.78, 5) is 18.5. The summed E-state index contributed by atoms with van der Waals surface area (Å²) in [5.74, 6) is -0.894. The van der Waals surface area contributed by atoms with Crippen molar-refractivity contribution in [3.63, 3.8) is 0 Å². The molecule has 0 bridgehead atoms. The lowest BCUT2D eigenvalue weighted by Gasteiger charge is -2.05. The molecule has 0 amide bonds. The van der Waals surface area contributed by atoms with Crippen LogP contribution in [0.15, 0.2) is 36.8 Å². The van der Waals surface area contributed by atoms with E-state index in [0.29, 0.717) is 16.3 Å². The standard InChI is InChI=1S/C12H9ClN2O2/c13-12-10(9-1-3-14-4-2-9)5-8(7-15-12)6-11(16)17/h1-5,7H,6H2,(H,16,17). The van der Waals surface area contributed by atoms with Crippen LogP contribution in [-0.4, -0.2) is 21.0 Å². The molecule has 0 fully saturated rings. The van der Waals surface area contributed by atoms with Crippen molar-refractivity contribution in [2.24, 2.45) is 0 Å². The van der Waals surface area contributed by atoms with Gasteiger partial charge in [-0.05, 0) is 29.3 Å². The van der Waals surface area contributed by atoms with Gasteiger partial charge in [0.2, 0.25) is 0 Å². The number of aliphatic carboxylic acids is 1. The van der Waals surface area contributed by atoms with Gasteiger partial charge in [-0.15, -0.1) is 0 Å². The summed E-state index contributed by atoms with van der Waals surface area (Å²) in [6, 6.07) is 5.33. The number of halogens is 1. The summed E-state index contributed by atoms with van der Waals surface area (Å²) in [7, 11) is 0. The molecule has 2 aromatic rings. The highest BCUT2D eigenvalue weighted by Crippen LogP contribution is 2.26. The highest BCUT2D eigenvalue weighted by Gasteiger charge is 2.08. The summed E-state index contributed by atoms with van der Waals surface area (Å²) in [5.41, 5.74) is 2.20. The third-order valence-corrected chi connectivity index (χ3v) is 2.54. The normalized spacial score (nSPS) is 10.2. The Morgan fingerprint density at radius 3 is 2.71 bits per heavy atom. The molecule has 2 heterocycles. The second kappa shape index (κ2) is 4.93. The Morgan fingerprint density at radius 1 is 1.35 bits per heavy atom. The van der Waals surface area contributed by atoms with E-state index in [2.05, 4.69) is 9.97 Å². The monoisotopic (exact) mass is 248 g/mol. The topological polar surface area (TPSA) is 63.1 Å². The van der Waals surface area contributed by atoms with Crippen LogP contribution in [0.2, 0.25) is 5.15 Å². The Balaban J connectivity index is 2.43. The van der Waals surface area contributed by atoms with Gasteiger partial charge in [-0.1, -0.05) is 11.6 Å². The first-order valence-electron chi connectivity index (χ1n) is 4.93. The lowest BCUT2D eigenvalue weighted by Crippen LogP contribution is -2.01. The molecule has 1 N–H and O–H groups in total. The molecule has 0 radical (unpaired) electrons. The molecule has 0 spiro atoms. The first-order chi connectivity index (χ1) is 8.16. The van der Waals surface area contributed by atoms with Gasteiger partial charge in [-0.2, -0.15) is 0 Å². The molecule has 0 unspecified atom stereocenters. The van der Waals surface area contributed by atoms with Crippen molar-refractivity contribution in [2.45, 2.75) is 6.42 Å². The summed E-state index contributed by atoms with van der Waals surface area (Å²) in [6.45, 7) is 0. The third kappa shape index (κ3) is 2.79. The maximum Gasteiger partial charge on any atom is 0.307 e. The van der Waals surface area contributed by atoms with Gasteiger partial charge >= 0.3 is 5.97 Å². The fourth-order valence-electron chi connectivity index (χ4n) is 1.50. The molecule has 0 aliphatic carbocycles. The van der Waals surface area contributed by atoms with E-state index < -0.39 is 5.97 Å². The largest absolute Gasteiger partial charge is 0.481 e. The van der Waals surface area contributed by atoms with E-state index >= 15 is 0 Å².